The van der Waals surface area contributed by atoms with Crippen LogP contribution in [0.5, 0.6) is 0 Å². The standard InChI is InChI=1S/C21H22N4O/c1-16(26)18-9-11-19(12-10-18)25-21-14-20(23-15-24-21)22-13-5-8-17-6-3-2-4-7-17/h2-4,6-7,9-12,14-15H,5,8,13H2,1H3,(H2,22,23,24,25). The van der Waals surface area contributed by atoms with Gasteiger partial charge in [0.15, 0.2) is 5.78 Å². The molecule has 0 aliphatic carbocycles. The van der Waals surface area contributed by atoms with Crippen LogP contribution in [0.2, 0.25) is 0 Å². The summed E-state index contributed by atoms with van der Waals surface area (Å²) in [6, 6.07) is 19.7. The number of hydrogen-bond acceptors (Lipinski definition) is 5. The van der Waals surface area contributed by atoms with Gasteiger partial charge in [-0.25, -0.2) is 9.97 Å². The number of carbonyl (C=O) groups is 1. The van der Waals surface area contributed by atoms with Gasteiger partial charge in [0.2, 0.25) is 0 Å². The van der Waals surface area contributed by atoms with Crippen molar-refractivity contribution >= 4 is 23.1 Å². The van der Waals surface area contributed by atoms with Crippen LogP contribution in [0.3, 0.4) is 0 Å². The summed E-state index contributed by atoms with van der Waals surface area (Å²) < 4.78 is 0. The Kier molecular flexibility index (Phi) is 5.93. The highest BCUT2D eigenvalue weighted by molar-refractivity contribution is 5.94. The van der Waals surface area contributed by atoms with Gasteiger partial charge in [0.1, 0.15) is 18.0 Å². The second-order valence-corrected chi connectivity index (χ2v) is 6.06. The molecule has 2 N–H and O–H groups in total. The first kappa shape index (κ1) is 17.6. The second kappa shape index (κ2) is 8.76. The maximum Gasteiger partial charge on any atom is 0.159 e. The molecule has 5 nitrogen and oxygen atoms in total. The zero-order valence-electron chi connectivity index (χ0n) is 14.8. The van der Waals surface area contributed by atoms with E-state index >= 15 is 0 Å². The molecule has 0 bridgehead atoms. The molecule has 3 aromatic rings. The van der Waals surface area contributed by atoms with Crippen molar-refractivity contribution in [1.82, 2.24) is 9.97 Å². The second-order valence-electron chi connectivity index (χ2n) is 6.06. The highest BCUT2D eigenvalue weighted by atomic mass is 16.1. The Labute approximate surface area is 153 Å². The third-order valence-corrected chi connectivity index (χ3v) is 4.02. The lowest BCUT2D eigenvalue weighted by Crippen LogP contribution is -2.05. The number of aryl methyl sites for hydroxylation is 1. The smallest absolute Gasteiger partial charge is 0.159 e. The molecule has 0 unspecified atom stereocenters. The SMILES string of the molecule is CC(=O)c1ccc(Nc2cc(NCCCc3ccccc3)ncn2)cc1. The number of ketones is 1. The third kappa shape index (κ3) is 5.14. The van der Waals surface area contributed by atoms with Gasteiger partial charge in [-0.1, -0.05) is 30.3 Å². The molecule has 5 heteroatoms. The molecular weight excluding hydrogens is 324 g/mol. The minimum atomic E-state index is 0.0561. The number of benzene rings is 2. The zero-order chi connectivity index (χ0) is 18.2. The van der Waals surface area contributed by atoms with E-state index in [1.54, 1.807) is 19.1 Å². The predicted octanol–water partition coefficient (Wildman–Crippen LogP) is 4.47. The van der Waals surface area contributed by atoms with E-state index in [0.29, 0.717) is 11.4 Å². The fourth-order valence-electron chi connectivity index (χ4n) is 2.61. The molecule has 0 aliphatic rings. The van der Waals surface area contributed by atoms with Crippen LogP contribution in [0.1, 0.15) is 29.3 Å². The van der Waals surface area contributed by atoms with Crippen LogP contribution >= 0.6 is 0 Å². The van der Waals surface area contributed by atoms with Crippen molar-refractivity contribution in [2.24, 2.45) is 0 Å². The predicted molar refractivity (Wildman–Crippen MR) is 105 cm³/mol. The lowest BCUT2D eigenvalue weighted by molar-refractivity contribution is 0.101. The highest BCUT2D eigenvalue weighted by Crippen LogP contribution is 2.17. The van der Waals surface area contributed by atoms with E-state index in [2.05, 4.69) is 44.9 Å². The molecule has 0 amide bonds. The van der Waals surface area contributed by atoms with Crippen molar-refractivity contribution in [3.63, 3.8) is 0 Å². The summed E-state index contributed by atoms with van der Waals surface area (Å²) in [4.78, 5) is 19.8. The highest BCUT2D eigenvalue weighted by Gasteiger charge is 2.02. The van der Waals surface area contributed by atoms with Crippen LogP contribution in [0.4, 0.5) is 17.3 Å². The average Bonchev–Trinajstić information content (AvgIpc) is 2.67. The Balaban J connectivity index is 1.52. The molecule has 132 valence electrons. The van der Waals surface area contributed by atoms with Crippen molar-refractivity contribution < 1.29 is 4.79 Å². The van der Waals surface area contributed by atoms with E-state index in [0.717, 1.165) is 30.9 Å². The lowest BCUT2D eigenvalue weighted by atomic mass is 10.1. The lowest BCUT2D eigenvalue weighted by Gasteiger charge is -2.09. The summed E-state index contributed by atoms with van der Waals surface area (Å²) in [5, 5.41) is 6.55. The molecule has 0 aliphatic heterocycles. The van der Waals surface area contributed by atoms with E-state index in [4.69, 9.17) is 0 Å². The van der Waals surface area contributed by atoms with Gasteiger partial charge in [-0.05, 0) is 49.6 Å². The number of Topliss-reactive ketones (excluding diaryl/α,β-unsaturated/α-hetero) is 1. The van der Waals surface area contributed by atoms with E-state index in [1.165, 1.54) is 11.9 Å². The van der Waals surface area contributed by atoms with Crippen LogP contribution in [0.25, 0.3) is 0 Å². The van der Waals surface area contributed by atoms with Gasteiger partial charge < -0.3 is 10.6 Å². The molecule has 3 rings (SSSR count). The Bertz CT molecular complexity index is 847. The normalized spacial score (nSPS) is 10.3. The van der Waals surface area contributed by atoms with Gasteiger partial charge in [0, 0.05) is 23.9 Å². The molecule has 0 spiro atoms. The largest absolute Gasteiger partial charge is 0.370 e. The van der Waals surface area contributed by atoms with E-state index in [-0.39, 0.29) is 5.78 Å². The maximum absolute atomic E-state index is 11.3. The Morgan fingerprint density at radius 2 is 1.69 bits per heavy atom. The molecule has 26 heavy (non-hydrogen) atoms. The number of carbonyl (C=O) groups excluding carboxylic acids is 1. The van der Waals surface area contributed by atoms with Crippen molar-refractivity contribution in [1.29, 1.82) is 0 Å². The van der Waals surface area contributed by atoms with Gasteiger partial charge >= 0.3 is 0 Å². The summed E-state index contributed by atoms with van der Waals surface area (Å²) in [6.07, 6.45) is 3.60. The summed E-state index contributed by atoms with van der Waals surface area (Å²) in [5.41, 5.74) is 2.91. The third-order valence-electron chi connectivity index (χ3n) is 4.02. The number of hydrogen-bond donors (Lipinski definition) is 2. The summed E-state index contributed by atoms with van der Waals surface area (Å²) in [7, 11) is 0. The summed E-state index contributed by atoms with van der Waals surface area (Å²) in [5.74, 6) is 1.55. The first-order valence-electron chi connectivity index (χ1n) is 8.68. The van der Waals surface area contributed by atoms with Crippen LogP contribution < -0.4 is 10.6 Å². The monoisotopic (exact) mass is 346 g/mol. The van der Waals surface area contributed by atoms with Crippen molar-refractivity contribution in [2.75, 3.05) is 17.2 Å². The van der Waals surface area contributed by atoms with E-state index in [9.17, 15) is 4.79 Å². The minimum absolute atomic E-state index is 0.0561. The van der Waals surface area contributed by atoms with E-state index < -0.39 is 0 Å². The molecule has 1 aromatic heterocycles. The minimum Gasteiger partial charge on any atom is -0.370 e. The quantitative estimate of drug-likeness (QED) is 0.465. The molecule has 1 heterocycles. The van der Waals surface area contributed by atoms with E-state index in [1.807, 2.05) is 24.3 Å². The van der Waals surface area contributed by atoms with Gasteiger partial charge in [-0.2, -0.15) is 0 Å². The van der Waals surface area contributed by atoms with Crippen LogP contribution in [-0.4, -0.2) is 22.3 Å². The summed E-state index contributed by atoms with van der Waals surface area (Å²) >= 11 is 0. The van der Waals surface area contributed by atoms with Gasteiger partial charge in [-0.15, -0.1) is 0 Å². The summed E-state index contributed by atoms with van der Waals surface area (Å²) in [6.45, 7) is 2.40. The topological polar surface area (TPSA) is 66.9 Å². The van der Waals surface area contributed by atoms with Gasteiger partial charge in [-0.3, -0.25) is 4.79 Å². The van der Waals surface area contributed by atoms with Crippen LogP contribution in [0.15, 0.2) is 67.0 Å². The fraction of sp³-hybridized carbons (Fsp3) is 0.190. The Morgan fingerprint density at radius 3 is 2.42 bits per heavy atom. The number of nitrogens with zero attached hydrogens (tertiary/aromatic N) is 2. The number of rotatable bonds is 8. The number of nitrogens with one attached hydrogen (secondary N) is 2. The van der Waals surface area contributed by atoms with Gasteiger partial charge in [0.25, 0.3) is 0 Å². The molecule has 0 atom stereocenters. The maximum atomic E-state index is 11.3. The Morgan fingerprint density at radius 1 is 0.962 bits per heavy atom. The van der Waals surface area contributed by atoms with Crippen molar-refractivity contribution in [2.45, 2.75) is 19.8 Å². The Hall–Kier alpha value is -3.21. The first-order chi connectivity index (χ1) is 12.7. The number of aromatic nitrogens is 2. The number of anilines is 3. The molecule has 0 saturated carbocycles. The van der Waals surface area contributed by atoms with Crippen LogP contribution in [-0.2, 0) is 6.42 Å². The molecule has 0 fully saturated rings. The molecule has 0 radical (unpaired) electrons. The fourth-order valence-corrected chi connectivity index (χ4v) is 2.61. The van der Waals surface area contributed by atoms with Crippen LogP contribution in [0, 0.1) is 0 Å². The molecular formula is C21H22N4O. The van der Waals surface area contributed by atoms with Crippen molar-refractivity contribution in [3.8, 4) is 0 Å². The molecule has 0 saturated heterocycles. The average molecular weight is 346 g/mol. The first-order valence-corrected chi connectivity index (χ1v) is 8.68. The van der Waals surface area contributed by atoms with Gasteiger partial charge in [0.05, 0.1) is 0 Å². The van der Waals surface area contributed by atoms with Crippen molar-refractivity contribution in [3.05, 3.63) is 78.1 Å². The zero-order valence-corrected chi connectivity index (χ0v) is 14.8. The molecule has 2 aromatic carbocycles.